The van der Waals surface area contributed by atoms with Crippen molar-refractivity contribution in [2.24, 2.45) is 4.99 Å². The van der Waals surface area contributed by atoms with Gasteiger partial charge in [-0.15, -0.1) is 11.3 Å². The molecule has 8 heteroatoms. The molecular formula is C18H24Cl2N4OS. The Kier molecular flexibility index (Phi) is 8.65. The number of aryl methyl sites for hydroxylation is 1. The Bertz CT molecular complexity index is 715. The van der Waals surface area contributed by atoms with E-state index >= 15 is 0 Å². The summed E-state index contributed by atoms with van der Waals surface area (Å²) in [6, 6.07) is 5.03. The van der Waals surface area contributed by atoms with Crippen LogP contribution in [0.5, 0.6) is 0 Å². The lowest BCUT2D eigenvalue weighted by atomic mass is 10.1. The standard InChI is InChI=1S/C18H24Cl2N4OS/c1-3-17-24-15(11-26-17)5-6-22-18(21-4-2)23-10-16(25)12-7-13(19)9-14(20)8-12/h7-9,11,16,25H,3-6,10H2,1-2H3,(H2,21,22,23). The quantitative estimate of drug-likeness (QED) is 0.453. The number of nitrogens with zero attached hydrogens (tertiary/aromatic N) is 2. The summed E-state index contributed by atoms with van der Waals surface area (Å²) < 4.78 is 0. The van der Waals surface area contributed by atoms with E-state index < -0.39 is 6.10 Å². The molecule has 1 aromatic carbocycles. The topological polar surface area (TPSA) is 69.5 Å². The first-order valence-electron chi connectivity index (χ1n) is 8.61. The van der Waals surface area contributed by atoms with Crippen LogP contribution in [0, 0.1) is 0 Å². The van der Waals surface area contributed by atoms with E-state index in [0.29, 0.717) is 21.6 Å². The third-order valence-corrected chi connectivity index (χ3v) is 5.09. The Balaban J connectivity index is 1.90. The van der Waals surface area contributed by atoms with Crippen molar-refractivity contribution < 1.29 is 5.11 Å². The Morgan fingerprint density at radius 1 is 1.23 bits per heavy atom. The lowest BCUT2D eigenvalue weighted by Crippen LogP contribution is -2.38. The summed E-state index contributed by atoms with van der Waals surface area (Å²) in [7, 11) is 0. The van der Waals surface area contributed by atoms with Gasteiger partial charge in [0.15, 0.2) is 5.96 Å². The minimum atomic E-state index is -0.771. The monoisotopic (exact) mass is 414 g/mol. The molecule has 2 rings (SSSR count). The molecule has 1 atom stereocenters. The molecule has 0 amide bonds. The molecule has 26 heavy (non-hydrogen) atoms. The molecule has 0 aliphatic heterocycles. The molecule has 2 aromatic rings. The smallest absolute Gasteiger partial charge is 0.191 e. The highest BCUT2D eigenvalue weighted by Gasteiger charge is 2.10. The van der Waals surface area contributed by atoms with Crippen LogP contribution in [-0.2, 0) is 12.8 Å². The largest absolute Gasteiger partial charge is 0.386 e. The molecule has 1 aromatic heterocycles. The Morgan fingerprint density at radius 3 is 2.58 bits per heavy atom. The van der Waals surface area contributed by atoms with Gasteiger partial charge in [-0.1, -0.05) is 30.1 Å². The van der Waals surface area contributed by atoms with E-state index in [9.17, 15) is 5.11 Å². The minimum Gasteiger partial charge on any atom is -0.386 e. The highest BCUT2D eigenvalue weighted by atomic mass is 35.5. The third kappa shape index (κ3) is 6.76. The average molecular weight is 415 g/mol. The molecule has 0 aliphatic carbocycles. The number of hydrogen-bond acceptors (Lipinski definition) is 4. The Morgan fingerprint density at radius 2 is 1.96 bits per heavy atom. The molecule has 0 saturated carbocycles. The molecule has 5 nitrogen and oxygen atoms in total. The zero-order valence-electron chi connectivity index (χ0n) is 14.9. The molecular weight excluding hydrogens is 391 g/mol. The lowest BCUT2D eigenvalue weighted by molar-refractivity contribution is 0.187. The molecule has 1 unspecified atom stereocenters. The summed E-state index contributed by atoms with van der Waals surface area (Å²) >= 11 is 13.7. The van der Waals surface area contributed by atoms with Gasteiger partial charge < -0.3 is 15.7 Å². The second-order valence-corrected chi connectivity index (χ2v) is 7.52. The zero-order chi connectivity index (χ0) is 18.9. The van der Waals surface area contributed by atoms with Crippen molar-refractivity contribution in [3.63, 3.8) is 0 Å². The van der Waals surface area contributed by atoms with Gasteiger partial charge in [-0.25, -0.2) is 4.98 Å². The van der Waals surface area contributed by atoms with Crippen LogP contribution in [0.3, 0.4) is 0 Å². The van der Waals surface area contributed by atoms with E-state index in [1.807, 2.05) is 6.92 Å². The fourth-order valence-electron chi connectivity index (χ4n) is 2.33. The molecule has 0 fully saturated rings. The number of halogens is 2. The number of aromatic nitrogens is 1. The van der Waals surface area contributed by atoms with Crippen LogP contribution in [0.1, 0.15) is 36.2 Å². The van der Waals surface area contributed by atoms with Gasteiger partial charge in [-0.2, -0.15) is 0 Å². The van der Waals surface area contributed by atoms with Crippen LogP contribution in [-0.4, -0.2) is 35.7 Å². The molecule has 3 N–H and O–H groups in total. The average Bonchev–Trinajstić information content (AvgIpc) is 3.06. The molecule has 0 saturated heterocycles. The van der Waals surface area contributed by atoms with Crippen molar-refractivity contribution in [1.82, 2.24) is 15.6 Å². The van der Waals surface area contributed by atoms with E-state index in [0.717, 1.165) is 36.6 Å². The van der Waals surface area contributed by atoms with E-state index in [-0.39, 0.29) is 6.54 Å². The third-order valence-electron chi connectivity index (χ3n) is 3.61. The highest BCUT2D eigenvalue weighted by molar-refractivity contribution is 7.09. The van der Waals surface area contributed by atoms with E-state index in [2.05, 4.69) is 32.9 Å². The van der Waals surface area contributed by atoms with E-state index in [4.69, 9.17) is 23.2 Å². The second kappa shape index (κ2) is 10.7. The predicted molar refractivity (Wildman–Crippen MR) is 111 cm³/mol. The number of aliphatic hydroxyl groups excluding tert-OH is 1. The van der Waals surface area contributed by atoms with Crippen LogP contribution >= 0.6 is 34.5 Å². The molecule has 0 spiro atoms. The summed E-state index contributed by atoms with van der Waals surface area (Å²) in [4.78, 5) is 9.00. The van der Waals surface area contributed by atoms with Gasteiger partial charge in [-0.3, -0.25) is 4.99 Å². The van der Waals surface area contributed by atoms with Crippen LogP contribution < -0.4 is 10.6 Å². The van der Waals surface area contributed by atoms with Gasteiger partial charge in [0, 0.05) is 34.9 Å². The lowest BCUT2D eigenvalue weighted by Gasteiger charge is -2.13. The number of guanidine groups is 1. The summed E-state index contributed by atoms with van der Waals surface area (Å²) in [5.41, 5.74) is 1.74. The number of aliphatic imine (C=N–C) groups is 1. The Labute approximate surface area is 168 Å². The number of hydrogen-bond donors (Lipinski definition) is 3. The minimum absolute atomic E-state index is 0.211. The van der Waals surface area contributed by atoms with Gasteiger partial charge in [-0.05, 0) is 37.1 Å². The first-order valence-corrected chi connectivity index (χ1v) is 10.2. The SMILES string of the molecule is CCNC(=NCC(O)c1cc(Cl)cc(Cl)c1)NCCc1csc(CC)n1. The fraction of sp³-hybridized carbons (Fsp3) is 0.444. The van der Waals surface area contributed by atoms with Crippen molar-refractivity contribution in [2.45, 2.75) is 32.8 Å². The molecule has 1 heterocycles. The van der Waals surface area contributed by atoms with E-state index in [1.165, 1.54) is 0 Å². The highest BCUT2D eigenvalue weighted by Crippen LogP contribution is 2.23. The zero-order valence-corrected chi connectivity index (χ0v) is 17.3. The van der Waals surface area contributed by atoms with Crippen LogP contribution in [0.4, 0.5) is 0 Å². The normalized spacial score (nSPS) is 12.9. The first kappa shape index (κ1) is 21.0. The van der Waals surface area contributed by atoms with Crippen molar-refractivity contribution in [3.05, 3.63) is 49.9 Å². The predicted octanol–water partition coefficient (Wildman–Crippen LogP) is 3.84. The number of aliphatic hydroxyl groups is 1. The van der Waals surface area contributed by atoms with Crippen molar-refractivity contribution in [3.8, 4) is 0 Å². The number of nitrogens with one attached hydrogen (secondary N) is 2. The fourth-order valence-corrected chi connectivity index (χ4v) is 3.65. The number of benzene rings is 1. The van der Waals surface area contributed by atoms with Crippen LogP contribution in [0.2, 0.25) is 10.0 Å². The molecule has 0 aliphatic rings. The van der Waals surface area contributed by atoms with Crippen LogP contribution in [0.25, 0.3) is 0 Å². The first-order chi connectivity index (χ1) is 12.5. The van der Waals surface area contributed by atoms with Gasteiger partial charge >= 0.3 is 0 Å². The summed E-state index contributed by atoms with van der Waals surface area (Å²) in [5.74, 6) is 0.658. The number of thiazole rings is 1. The maximum absolute atomic E-state index is 10.3. The number of rotatable bonds is 8. The van der Waals surface area contributed by atoms with Crippen molar-refractivity contribution >= 4 is 40.5 Å². The molecule has 0 radical (unpaired) electrons. The summed E-state index contributed by atoms with van der Waals surface area (Å²) in [5, 5.41) is 21.0. The second-order valence-electron chi connectivity index (χ2n) is 5.70. The summed E-state index contributed by atoms with van der Waals surface area (Å²) in [6.07, 6.45) is 1.02. The van der Waals surface area contributed by atoms with Gasteiger partial charge in [0.05, 0.1) is 23.4 Å². The summed E-state index contributed by atoms with van der Waals surface area (Å²) in [6.45, 7) is 5.77. The van der Waals surface area contributed by atoms with Crippen molar-refractivity contribution in [1.29, 1.82) is 0 Å². The van der Waals surface area contributed by atoms with Crippen molar-refractivity contribution in [2.75, 3.05) is 19.6 Å². The van der Waals surface area contributed by atoms with Gasteiger partial charge in [0.2, 0.25) is 0 Å². The van der Waals surface area contributed by atoms with Crippen LogP contribution in [0.15, 0.2) is 28.6 Å². The maximum atomic E-state index is 10.3. The maximum Gasteiger partial charge on any atom is 0.191 e. The van der Waals surface area contributed by atoms with Gasteiger partial charge in [0.25, 0.3) is 0 Å². The van der Waals surface area contributed by atoms with E-state index in [1.54, 1.807) is 29.5 Å². The van der Waals surface area contributed by atoms with Gasteiger partial charge in [0.1, 0.15) is 0 Å². The Hall–Kier alpha value is -1.34. The molecule has 0 bridgehead atoms. The molecule has 142 valence electrons.